The van der Waals surface area contributed by atoms with Crippen molar-refractivity contribution < 1.29 is 14.7 Å². The third kappa shape index (κ3) is 6.27. The number of hydrogen-bond acceptors (Lipinski definition) is 4. The van der Waals surface area contributed by atoms with E-state index in [-0.39, 0.29) is 12.1 Å². The van der Waals surface area contributed by atoms with Gasteiger partial charge in [-0.1, -0.05) is 48.0 Å². The van der Waals surface area contributed by atoms with E-state index in [1.54, 1.807) is 6.07 Å². The third-order valence-corrected chi connectivity index (χ3v) is 4.09. The van der Waals surface area contributed by atoms with Crippen molar-refractivity contribution in [3.05, 3.63) is 71.4 Å². The fraction of sp³-hybridized carbons (Fsp3) is 0.150. The van der Waals surface area contributed by atoms with Gasteiger partial charge >= 0.3 is 5.97 Å². The van der Waals surface area contributed by atoms with Crippen LogP contribution in [0.15, 0.2) is 60.8 Å². The van der Waals surface area contributed by atoms with E-state index in [0.29, 0.717) is 11.4 Å². The number of nitrogens with one attached hydrogen (secondary N) is 2. The first-order chi connectivity index (χ1) is 12.9. The maximum atomic E-state index is 11.9. The second-order valence-corrected chi connectivity index (χ2v) is 6.39. The van der Waals surface area contributed by atoms with Crippen molar-refractivity contribution in [1.82, 2.24) is 5.32 Å². The van der Waals surface area contributed by atoms with Crippen molar-refractivity contribution in [2.75, 3.05) is 0 Å². The molecule has 0 aliphatic heterocycles. The summed E-state index contributed by atoms with van der Waals surface area (Å²) in [5.41, 5.74) is 7.67. The molecule has 5 N–H and O–H groups in total. The van der Waals surface area contributed by atoms with Gasteiger partial charge in [0, 0.05) is 11.1 Å². The summed E-state index contributed by atoms with van der Waals surface area (Å²) in [6, 6.07) is 14.4. The number of carboxylic acid groups (broad SMARTS) is 1. The number of hydrogen-bond donors (Lipinski definition) is 4. The van der Waals surface area contributed by atoms with Gasteiger partial charge in [-0.25, -0.2) is 0 Å². The summed E-state index contributed by atoms with van der Waals surface area (Å²) in [5, 5.41) is 19.9. The van der Waals surface area contributed by atoms with E-state index in [0.717, 1.165) is 29.0 Å². The van der Waals surface area contributed by atoms with Crippen LogP contribution in [-0.2, 0) is 16.0 Å². The molecule has 140 valence electrons. The van der Waals surface area contributed by atoms with E-state index in [9.17, 15) is 9.59 Å². The molecule has 6 nitrogen and oxygen atoms in total. The highest BCUT2D eigenvalue weighted by molar-refractivity contribution is 6.42. The molecule has 0 aliphatic carbocycles. The first-order valence-corrected chi connectivity index (χ1v) is 8.61. The normalized spacial score (nSPS) is 11.9. The summed E-state index contributed by atoms with van der Waals surface area (Å²) in [6.07, 6.45) is 2.31. The van der Waals surface area contributed by atoms with Crippen LogP contribution < -0.4 is 11.1 Å². The van der Waals surface area contributed by atoms with E-state index in [4.69, 9.17) is 27.9 Å². The van der Waals surface area contributed by atoms with Gasteiger partial charge in [-0.2, -0.15) is 0 Å². The van der Waals surface area contributed by atoms with Crippen LogP contribution >= 0.6 is 11.6 Å². The van der Waals surface area contributed by atoms with Crippen molar-refractivity contribution in [2.45, 2.75) is 18.9 Å². The Labute approximate surface area is 162 Å². The molecule has 0 aliphatic rings. The molecule has 7 heteroatoms. The first-order valence-electron chi connectivity index (χ1n) is 8.23. The Morgan fingerprint density at radius 1 is 1.19 bits per heavy atom. The van der Waals surface area contributed by atoms with Crippen molar-refractivity contribution in [2.24, 2.45) is 5.73 Å². The second-order valence-electron chi connectivity index (χ2n) is 5.95. The molecule has 0 bridgehead atoms. The average molecular weight is 386 g/mol. The lowest BCUT2D eigenvalue weighted by Crippen LogP contribution is -2.41. The zero-order valence-corrected chi connectivity index (χ0v) is 15.2. The zero-order chi connectivity index (χ0) is 19.8. The largest absolute Gasteiger partial charge is 0.481 e. The standard InChI is InChI=1S/C20H20ClN3O3/c21-16-3-1-2-15(11-16)14-6-4-13(5-7-14)10-17(12-19(25)26)24-20(27)18(23)8-9-22/h1-9,11,17,23H,10,12,22H2,(H,24,27)(H,25,26)/b9-8-,23-18?/t17-/m1/s1. The Bertz CT molecular complexity index is 863. The highest BCUT2D eigenvalue weighted by Gasteiger charge is 2.18. The van der Waals surface area contributed by atoms with E-state index in [1.165, 1.54) is 0 Å². The van der Waals surface area contributed by atoms with Gasteiger partial charge in [0.2, 0.25) is 0 Å². The quantitative estimate of drug-likeness (QED) is 0.522. The molecule has 0 saturated heterocycles. The number of carboxylic acids is 1. The lowest BCUT2D eigenvalue weighted by Gasteiger charge is -2.17. The predicted molar refractivity (Wildman–Crippen MR) is 106 cm³/mol. The minimum atomic E-state index is -1.03. The molecule has 0 unspecified atom stereocenters. The highest BCUT2D eigenvalue weighted by atomic mass is 35.5. The molecule has 2 aromatic rings. The van der Waals surface area contributed by atoms with Crippen molar-refractivity contribution >= 4 is 29.2 Å². The van der Waals surface area contributed by atoms with Crippen molar-refractivity contribution in [3.8, 4) is 11.1 Å². The predicted octanol–water partition coefficient (Wildman–Crippen LogP) is 3.00. The van der Waals surface area contributed by atoms with Crippen LogP contribution in [0.5, 0.6) is 0 Å². The lowest BCUT2D eigenvalue weighted by molar-refractivity contribution is -0.137. The zero-order valence-electron chi connectivity index (χ0n) is 14.5. The maximum Gasteiger partial charge on any atom is 0.305 e. The fourth-order valence-corrected chi connectivity index (χ4v) is 2.80. The molecule has 1 atom stereocenters. The van der Waals surface area contributed by atoms with Gasteiger partial charge in [0.15, 0.2) is 0 Å². The number of halogens is 1. The molecule has 2 rings (SSSR count). The van der Waals surface area contributed by atoms with Gasteiger partial charge in [-0.05, 0) is 47.5 Å². The minimum Gasteiger partial charge on any atom is -0.481 e. The molecule has 0 heterocycles. The fourth-order valence-electron chi connectivity index (χ4n) is 2.61. The molecule has 0 radical (unpaired) electrons. The van der Waals surface area contributed by atoms with Crippen LogP contribution in [0.2, 0.25) is 5.02 Å². The molecular weight excluding hydrogens is 366 g/mol. The maximum absolute atomic E-state index is 11.9. The second kappa shape index (κ2) is 9.54. The van der Waals surface area contributed by atoms with Crippen LogP contribution in [-0.4, -0.2) is 28.7 Å². The average Bonchev–Trinajstić information content (AvgIpc) is 2.62. The molecule has 2 aromatic carbocycles. The van der Waals surface area contributed by atoms with Gasteiger partial charge in [-0.15, -0.1) is 0 Å². The molecule has 0 fully saturated rings. The lowest BCUT2D eigenvalue weighted by atomic mass is 9.99. The monoisotopic (exact) mass is 385 g/mol. The first kappa shape index (κ1) is 20.2. The van der Waals surface area contributed by atoms with Crippen LogP contribution in [0.1, 0.15) is 12.0 Å². The summed E-state index contributed by atoms with van der Waals surface area (Å²) in [5.74, 6) is -1.70. The number of amides is 1. The van der Waals surface area contributed by atoms with Crippen molar-refractivity contribution in [1.29, 1.82) is 5.41 Å². The van der Waals surface area contributed by atoms with Crippen LogP contribution in [0.3, 0.4) is 0 Å². The summed E-state index contributed by atoms with van der Waals surface area (Å²) in [7, 11) is 0. The van der Waals surface area contributed by atoms with Gasteiger partial charge in [0.05, 0.1) is 6.42 Å². The van der Waals surface area contributed by atoms with E-state index < -0.39 is 17.9 Å². The van der Waals surface area contributed by atoms with Gasteiger partial charge < -0.3 is 16.2 Å². The Balaban J connectivity index is 2.11. The summed E-state index contributed by atoms with van der Waals surface area (Å²) >= 11 is 6.01. The Kier molecular flexibility index (Phi) is 7.14. The van der Waals surface area contributed by atoms with Gasteiger partial charge in [0.1, 0.15) is 5.71 Å². The number of nitrogens with two attached hydrogens (primary N) is 1. The number of carbonyl (C=O) groups excluding carboxylic acids is 1. The topological polar surface area (TPSA) is 116 Å². The van der Waals surface area contributed by atoms with Crippen LogP contribution in [0.25, 0.3) is 11.1 Å². The van der Waals surface area contributed by atoms with Crippen LogP contribution in [0, 0.1) is 5.41 Å². The molecule has 0 saturated carbocycles. The Hall–Kier alpha value is -3.12. The molecule has 0 spiro atoms. The molecule has 1 amide bonds. The third-order valence-electron chi connectivity index (χ3n) is 3.86. The molecule has 27 heavy (non-hydrogen) atoms. The summed E-state index contributed by atoms with van der Waals surface area (Å²) in [6.45, 7) is 0. The number of carbonyl (C=O) groups is 2. The Morgan fingerprint density at radius 2 is 1.89 bits per heavy atom. The van der Waals surface area contributed by atoms with Gasteiger partial charge in [-0.3, -0.25) is 15.0 Å². The van der Waals surface area contributed by atoms with Crippen LogP contribution in [0.4, 0.5) is 0 Å². The molecule has 0 aromatic heterocycles. The summed E-state index contributed by atoms with van der Waals surface area (Å²) in [4.78, 5) is 23.0. The SMILES string of the molecule is N=C(/C=C\N)C(=O)N[C@@H](CC(=O)O)Cc1ccc(-c2cccc(Cl)c2)cc1. The highest BCUT2D eigenvalue weighted by Crippen LogP contribution is 2.23. The summed E-state index contributed by atoms with van der Waals surface area (Å²) < 4.78 is 0. The van der Waals surface area contributed by atoms with E-state index in [2.05, 4.69) is 5.32 Å². The smallest absolute Gasteiger partial charge is 0.305 e. The number of benzene rings is 2. The number of aliphatic carboxylic acids is 1. The van der Waals surface area contributed by atoms with E-state index in [1.807, 2.05) is 42.5 Å². The number of rotatable bonds is 8. The van der Waals surface area contributed by atoms with Crippen molar-refractivity contribution in [3.63, 3.8) is 0 Å². The minimum absolute atomic E-state index is 0.249. The Morgan fingerprint density at radius 3 is 2.48 bits per heavy atom. The molecular formula is C20H20ClN3O3. The van der Waals surface area contributed by atoms with Gasteiger partial charge in [0.25, 0.3) is 5.91 Å². The van der Waals surface area contributed by atoms with E-state index >= 15 is 0 Å².